The molecule has 0 radical (unpaired) electrons. The number of anilines is 1. The van der Waals surface area contributed by atoms with Gasteiger partial charge in [0.2, 0.25) is 0 Å². The van der Waals surface area contributed by atoms with Gasteiger partial charge >= 0.3 is 0 Å². The first-order valence-corrected chi connectivity index (χ1v) is 6.03. The number of nitro groups is 1. The van der Waals surface area contributed by atoms with E-state index in [0.29, 0.717) is 17.4 Å². The first kappa shape index (κ1) is 14.3. The van der Waals surface area contributed by atoms with Crippen LogP contribution in [0.2, 0.25) is 0 Å². The maximum atomic E-state index is 10.9. The van der Waals surface area contributed by atoms with Gasteiger partial charge in [-0.2, -0.15) is 0 Å². The predicted octanol–water partition coefficient (Wildman–Crippen LogP) is 3.45. The molecule has 0 fully saturated rings. The minimum Gasteiger partial charge on any atom is -0.497 e. The summed E-state index contributed by atoms with van der Waals surface area (Å²) < 4.78 is 5.09. The van der Waals surface area contributed by atoms with Crippen molar-refractivity contribution >= 4 is 11.4 Å². The first-order valence-electron chi connectivity index (χ1n) is 6.03. The van der Waals surface area contributed by atoms with E-state index in [1.165, 1.54) is 6.07 Å². The van der Waals surface area contributed by atoms with Crippen LogP contribution in [0.25, 0.3) is 0 Å². The van der Waals surface area contributed by atoms with Crippen molar-refractivity contribution < 1.29 is 9.66 Å². The Hall–Kier alpha value is -1.78. The van der Waals surface area contributed by atoms with E-state index in [2.05, 4.69) is 19.2 Å². The fraction of sp³-hybridized carbons (Fsp3) is 0.538. The molecule has 1 N–H and O–H groups in total. The van der Waals surface area contributed by atoms with Crippen molar-refractivity contribution in [2.75, 3.05) is 12.4 Å². The number of benzene rings is 1. The van der Waals surface area contributed by atoms with Crippen molar-refractivity contribution in [1.82, 2.24) is 0 Å². The molecule has 100 valence electrons. The zero-order valence-corrected chi connectivity index (χ0v) is 11.3. The van der Waals surface area contributed by atoms with E-state index in [1.807, 2.05) is 6.92 Å². The zero-order valence-electron chi connectivity index (χ0n) is 11.3. The number of nitrogens with zero attached hydrogens (tertiary/aromatic N) is 1. The third-order valence-corrected chi connectivity index (χ3v) is 2.63. The Labute approximate surface area is 107 Å². The van der Waals surface area contributed by atoms with Crippen molar-refractivity contribution in [3.8, 4) is 5.75 Å². The van der Waals surface area contributed by atoms with Crippen LogP contribution in [0.4, 0.5) is 11.4 Å². The number of ether oxygens (including phenoxy) is 1. The first-order chi connectivity index (χ1) is 8.43. The number of hydrogen-bond acceptors (Lipinski definition) is 4. The molecule has 0 aliphatic rings. The van der Waals surface area contributed by atoms with Gasteiger partial charge in [-0.1, -0.05) is 13.8 Å². The molecule has 0 spiro atoms. The van der Waals surface area contributed by atoms with E-state index < -0.39 is 0 Å². The van der Waals surface area contributed by atoms with E-state index in [0.717, 1.165) is 6.42 Å². The summed E-state index contributed by atoms with van der Waals surface area (Å²) in [6.45, 7) is 6.26. The SMILES string of the molecule is COc1ccc([N+](=O)[O-])c(NC(C)CC(C)C)c1. The summed E-state index contributed by atoms with van der Waals surface area (Å²) in [6, 6.07) is 4.89. The molecule has 1 unspecified atom stereocenters. The fourth-order valence-corrected chi connectivity index (χ4v) is 1.95. The van der Waals surface area contributed by atoms with Crippen molar-refractivity contribution in [2.24, 2.45) is 5.92 Å². The van der Waals surface area contributed by atoms with Crippen LogP contribution < -0.4 is 10.1 Å². The van der Waals surface area contributed by atoms with Gasteiger partial charge in [0.15, 0.2) is 0 Å². The highest BCUT2D eigenvalue weighted by Crippen LogP contribution is 2.29. The van der Waals surface area contributed by atoms with Crippen LogP contribution in [0, 0.1) is 16.0 Å². The molecule has 1 rings (SSSR count). The number of rotatable bonds is 6. The second-order valence-corrected chi connectivity index (χ2v) is 4.82. The molecule has 0 amide bonds. The lowest BCUT2D eigenvalue weighted by Gasteiger charge is -2.17. The Morgan fingerprint density at radius 1 is 1.39 bits per heavy atom. The lowest BCUT2D eigenvalue weighted by atomic mass is 10.0. The van der Waals surface area contributed by atoms with Gasteiger partial charge < -0.3 is 10.1 Å². The summed E-state index contributed by atoms with van der Waals surface area (Å²) in [7, 11) is 1.54. The third kappa shape index (κ3) is 3.91. The van der Waals surface area contributed by atoms with Crippen LogP contribution in [0.1, 0.15) is 27.2 Å². The van der Waals surface area contributed by atoms with Crippen molar-refractivity contribution in [2.45, 2.75) is 33.2 Å². The summed E-state index contributed by atoms with van der Waals surface area (Å²) in [5.41, 5.74) is 0.582. The van der Waals surface area contributed by atoms with E-state index in [9.17, 15) is 10.1 Å². The summed E-state index contributed by atoms with van der Waals surface area (Å²) in [4.78, 5) is 10.6. The molecule has 1 aromatic carbocycles. The number of nitro benzene ring substituents is 1. The van der Waals surface area contributed by atoms with Crippen molar-refractivity contribution in [1.29, 1.82) is 0 Å². The average Bonchev–Trinajstić information content (AvgIpc) is 2.27. The van der Waals surface area contributed by atoms with Crippen LogP contribution in [0.15, 0.2) is 18.2 Å². The summed E-state index contributed by atoms with van der Waals surface area (Å²) >= 11 is 0. The van der Waals surface area contributed by atoms with Gasteiger partial charge in [0.25, 0.3) is 5.69 Å². The minimum atomic E-state index is -0.385. The van der Waals surface area contributed by atoms with Crippen LogP contribution >= 0.6 is 0 Å². The molecule has 0 saturated carbocycles. The maximum absolute atomic E-state index is 10.9. The molecule has 0 aliphatic heterocycles. The van der Waals surface area contributed by atoms with Crippen molar-refractivity contribution in [3.63, 3.8) is 0 Å². The van der Waals surface area contributed by atoms with E-state index in [4.69, 9.17) is 4.74 Å². The van der Waals surface area contributed by atoms with Crippen LogP contribution in [-0.4, -0.2) is 18.1 Å². The van der Waals surface area contributed by atoms with E-state index in [1.54, 1.807) is 19.2 Å². The molecule has 0 heterocycles. The monoisotopic (exact) mass is 252 g/mol. The standard InChI is InChI=1S/C13H20N2O3/c1-9(2)7-10(3)14-12-8-11(18-4)5-6-13(12)15(16)17/h5-6,8-10,14H,7H2,1-4H3. The minimum absolute atomic E-state index is 0.0754. The van der Waals surface area contributed by atoms with Crippen LogP contribution in [0.5, 0.6) is 5.75 Å². The molecule has 18 heavy (non-hydrogen) atoms. The van der Waals surface area contributed by atoms with Crippen LogP contribution in [0.3, 0.4) is 0 Å². The normalized spacial score (nSPS) is 12.3. The molecule has 5 heteroatoms. The molecule has 0 aliphatic carbocycles. The maximum Gasteiger partial charge on any atom is 0.292 e. The zero-order chi connectivity index (χ0) is 13.7. The summed E-state index contributed by atoms with van der Waals surface area (Å²) in [5, 5.41) is 14.1. The quantitative estimate of drug-likeness (QED) is 0.622. The molecular formula is C13H20N2O3. The summed E-state index contributed by atoms with van der Waals surface area (Å²) in [6.07, 6.45) is 0.953. The summed E-state index contributed by atoms with van der Waals surface area (Å²) in [5.74, 6) is 1.15. The van der Waals surface area contributed by atoms with Gasteiger partial charge in [-0.05, 0) is 25.3 Å². The van der Waals surface area contributed by atoms with Gasteiger partial charge in [0.05, 0.1) is 12.0 Å². The Morgan fingerprint density at radius 2 is 2.06 bits per heavy atom. The second kappa shape index (κ2) is 6.23. The van der Waals surface area contributed by atoms with Crippen LogP contribution in [-0.2, 0) is 0 Å². The Bertz CT molecular complexity index is 419. The highest BCUT2D eigenvalue weighted by molar-refractivity contribution is 5.64. The largest absolute Gasteiger partial charge is 0.497 e. The highest BCUT2D eigenvalue weighted by Gasteiger charge is 2.16. The van der Waals surface area contributed by atoms with E-state index >= 15 is 0 Å². The van der Waals surface area contributed by atoms with Gasteiger partial charge in [-0.25, -0.2) is 0 Å². The molecule has 0 bridgehead atoms. The number of methoxy groups -OCH3 is 1. The molecule has 1 atom stereocenters. The van der Waals surface area contributed by atoms with Gasteiger partial charge in [0.1, 0.15) is 11.4 Å². The molecule has 0 aromatic heterocycles. The molecular weight excluding hydrogens is 232 g/mol. The lowest BCUT2D eigenvalue weighted by molar-refractivity contribution is -0.384. The number of nitrogens with one attached hydrogen (secondary N) is 1. The van der Waals surface area contributed by atoms with Gasteiger partial charge in [-0.15, -0.1) is 0 Å². The highest BCUT2D eigenvalue weighted by atomic mass is 16.6. The van der Waals surface area contributed by atoms with Gasteiger partial charge in [0, 0.05) is 18.2 Å². The van der Waals surface area contributed by atoms with Gasteiger partial charge in [-0.3, -0.25) is 10.1 Å². The topological polar surface area (TPSA) is 64.4 Å². The van der Waals surface area contributed by atoms with Crippen molar-refractivity contribution in [3.05, 3.63) is 28.3 Å². The second-order valence-electron chi connectivity index (χ2n) is 4.82. The van der Waals surface area contributed by atoms with E-state index in [-0.39, 0.29) is 16.7 Å². The Morgan fingerprint density at radius 3 is 2.56 bits per heavy atom. The smallest absolute Gasteiger partial charge is 0.292 e. The molecule has 0 saturated heterocycles. The Kier molecular flexibility index (Phi) is 4.95. The molecule has 1 aromatic rings. The average molecular weight is 252 g/mol. The Balaban J connectivity index is 2.93. The molecule has 5 nitrogen and oxygen atoms in total. The third-order valence-electron chi connectivity index (χ3n) is 2.63. The predicted molar refractivity (Wildman–Crippen MR) is 72.2 cm³/mol. The number of hydrogen-bond donors (Lipinski definition) is 1. The fourth-order valence-electron chi connectivity index (χ4n) is 1.95. The lowest BCUT2D eigenvalue weighted by Crippen LogP contribution is -2.18.